The predicted octanol–water partition coefficient (Wildman–Crippen LogP) is 5.79. The number of carbonyl (C=O) groups is 3. The number of esters is 1. The van der Waals surface area contributed by atoms with Crippen molar-refractivity contribution >= 4 is 51.9 Å². The minimum atomic E-state index is -0.589. The van der Waals surface area contributed by atoms with Crippen LogP contribution in [0.3, 0.4) is 0 Å². The molecule has 7 heteroatoms. The van der Waals surface area contributed by atoms with E-state index in [1.54, 1.807) is 24.3 Å². The van der Waals surface area contributed by atoms with E-state index in [-0.39, 0.29) is 0 Å². The first kappa shape index (κ1) is 22.2. The molecule has 0 N–H and O–H groups in total. The van der Waals surface area contributed by atoms with Gasteiger partial charge in [0, 0.05) is 10.4 Å². The third-order valence-electron chi connectivity index (χ3n) is 6.56. The second kappa shape index (κ2) is 8.73. The highest BCUT2D eigenvalue weighted by atomic mass is 35.5. The maximum absolute atomic E-state index is 13.4. The minimum absolute atomic E-state index is 0.311. The molecule has 1 aliphatic carbocycles. The molecule has 2 heterocycles. The van der Waals surface area contributed by atoms with E-state index in [1.165, 1.54) is 0 Å². The maximum atomic E-state index is 13.4. The number of pyridine rings is 1. The number of fused-ring (bicyclic) bond motifs is 3. The summed E-state index contributed by atoms with van der Waals surface area (Å²) in [5, 5.41) is 1.34. The van der Waals surface area contributed by atoms with E-state index in [0.29, 0.717) is 39.0 Å². The molecule has 6 rings (SSSR count). The molecule has 0 atom stereocenters. The summed E-state index contributed by atoms with van der Waals surface area (Å²) >= 11 is 6.02. The van der Waals surface area contributed by atoms with E-state index in [0.717, 1.165) is 33.7 Å². The van der Waals surface area contributed by atoms with Crippen LogP contribution in [0.15, 0.2) is 72.8 Å². The predicted molar refractivity (Wildman–Crippen MR) is 137 cm³/mol. The first-order valence-electron chi connectivity index (χ1n) is 11.5. The van der Waals surface area contributed by atoms with Gasteiger partial charge in [0.15, 0.2) is 6.73 Å². The lowest BCUT2D eigenvalue weighted by atomic mass is 10.0. The van der Waals surface area contributed by atoms with Crippen molar-refractivity contribution in [2.24, 2.45) is 0 Å². The normalized spacial score (nSPS) is 15.5. The zero-order chi connectivity index (χ0) is 24.8. The Balaban J connectivity index is 1.34. The lowest BCUT2D eigenvalue weighted by molar-refractivity contribution is 0.0229. The van der Waals surface area contributed by atoms with Crippen LogP contribution in [0.1, 0.15) is 54.3 Å². The number of aromatic nitrogens is 1. The van der Waals surface area contributed by atoms with Gasteiger partial charge in [-0.2, -0.15) is 0 Å². The molecule has 1 aliphatic heterocycles. The number of nitrogens with zero attached hydrogens (tertiary/aromatic N) is 2. The van der Waals surface area contributed by atoms with Gasteiger partial charge in [0.25, 0.3) is 11.8 Å². The molecule has 0 spiro atoms. The van der Waals surface area contributed by atoms with Crippen LogP contribution in [0.4, 0.5) is 0 Å². The van der Waals surface area contributed by atoms with Crippen molar-refractivity contribution in [3.63, 3.8) is 0 Å². The van der Waals surface area contributed by atoms with Crippen LogP contribution in [-0.2, 0) is 11.2 Å². The maximum Gasteiger partial charge on any atom is 0.340 e. The number of ether oxygens (including phenoxy) is 1. The zero-order valence-electron chi connectivity index (χ0n) is 19.0. The fraction of sp³-hybridized carbons (Fsp3) is 0.103. The van der Waals surface area contributed by atoms with Gasteiger partial charge in [-0.3, -0.25) is 9.59 Å². The van der Waals surface area contributed by atoms with Crippen LogP contribution in [0.5, 0.6) is 0 Å². The number of rotatable bonds is 4. The summed E-state index contributed by atoms with van der Waals surface area (Å²) in [5.74, 6) is -1.53. The summed E-state index contributed by atoms with van der Waals surface area (Å²) in [6.07, 6.45) is 3.40. The molecule has 3 aromatic carbocycles. The number of amides is 2. The summed E-state index contributed by atoms with van der Waals surface area (Å²) in [4.78, 5) is 44.6. The van der Waals surface area contributed by atoms with Crippen molar-refractivity contribution in [2.45, 2.75) is 12.8 Å². The molecule has 0 saturated heterocycles. The average Bonchev–Trinajstić information content (AvgIpc) is 3.40. The van der Waals surface area contributed by atoms with Gasteiger partial charge < -0.3 is 4.74 Å². The number of para-hydroxylation sites is 1. The lowest BCUT2D eigenvalue weighted by Gasteiger charge is -2.16. The molecular formula is C29H19ClN2O4. The molecule has 0 fully saturated rings. The molecular weight excluding hydrogens is 476 g/mol. The number of hydrogen-bond acceptors (Lipinski definition) is 5. The van der Waals surface area contributed by atoms with Crippen molar-refractivity contribution in [1.82, 2.24) is 9.88 Å². The van der Waals surface area contributed by atoms with Crippen molar-refractivity contribution in [3.8, 4) is 0 Å². The summed E-state index contributed by atoms with van der Waals surface area (Å²) in [6.45, 7) is -0.454. The van der Waals surface area contributed by atoms with Crippen LogP contribution >= 0.6 is 11.6 Å². The molecule has 1 aromatic heterocycles. The number of hydrogen-bond donors (Lipinski definition) is 0. The summed E-state index contributed by atoms with van der Waals surface area (Å²) in [5.41, 5.74) is 5.30. The highest BCUT2D eigenvalue weighted by molar-refractivity contribution is 6.30. The van der Waals surface area contributed by atoms with Gasteiger partial charge in [-0.05, 0) is 65.9 Å². The van der Waals surface area contributed by atoms with Crippen molar-refractivity contribution in [3.05, 3.63) is 111 Å². The van der Waals surface area contributed by atoms with Crippen LogP contribution in [0.2, 0.25) is 5.02 Å². The first-order valence-corrected chi connectivity index (χ1v) is 11.9. The van der Waals surface area contributed by atoms with Gasteiger partial charge >= 0.3 is 5.97 Å². The van der Waals surface area contributed by atoms with Crippen molar-refractivity contribution < 1.29 is 19.1 Å². The third kappa shape index (κ3) is 3.67. The van der Waals surface area contributed by atoms with Gasteiger partial charge in [0.1, 0.15) is 0 Å². The van der Waals surface area contributed by atoms with Gasteiger partial charge in [0.05, 0.1) is 27.9 Å². The number of carbonyl (C=O) groups excluding carboxylic acids is 3. The van der Waals surface area contributed by atoms with E-state index >= 15 is 0 Å². The van der Waals surface area contributed by atoms with Gasteiger partial charge in [-0.15, -0.1) is 0 Å². The minimum Gasteiger partial charge on any atom is -0.440 e. The smallest absolute Gasteiger partial charge is 0.340 e. The fourth-order valence-corrected chi connectivity index (χ4v) is 4.95. The second-order valence-corrected chi connectivity index (χ2v) is 9.13. The summed E-state index contributed by atoms with van der Waals surface area (Å²) in [6, 6.07) is 21.5. The van der Waals surface area contributed by atoms with Crippen LogP contribution in [0.25, 0.3) is 22.6 Å². The molecule has 2 aliphatic rings. The number of imide groups is 1. The Kier molecular flexibility index (Phi) is 5.38. The molecule has 36 heavy (non-hydrogen) atoms. The van der Waals surface area contributed by atoms with Crippen molar-refractivity contribution in [1.29, 1.82) is 0 Å². The topological polar surface area (TPSA) is 76.6 Å². The number of halogens is 1. The summed E-state index contributed by atoms with van der Waals surface area (Å²) in [7, 11) is 0. The Labute approximate surface area is 211 Å². The van der Waals surface area contributed by atoms with Crippen molar-refractivity contribution in [2.75, 3.05) is 6.73 Å². The van der Waals surface area contributed by atoms with Crippen LogP contribution in [0, 0.1) is 0 Å². The first-order chi connectivity index (χ1) is 17.5. The highest BCUT2D eigenvalue weighted by Gasteiger charge is 2.36. The molecule has 0 saturated carbocycles. The monoisotopic (exact) mass is 494 g/mol. The Morgan fingerprint density at radius 3 is 2.31 bits per heavy atom. The second-order valence-electron chi connectivity index (χ2n) is 8.70. The van der Waals surface area contributed by atoms with E-state index in [2.05, 4.69) is 6.08 Å². The quantitative estimate of drug-likeness (QED) is 0.265. The van der Waals surface area contributed by atoms with E-state index in [1.807, 2.05) is 48.5 Å². The summed E-state index contributed by atoms with van der Waals surface area (Å²) < 4.78 is 5.57. The molecule has 0 unspecified atom stereocenters. The Morgan fingerprint density at radius 1 is 0.917 bits per heavy atom. The van der Waals surface area contributed by atoms with Crippen LogP contribution < -0.4 is 0 Å². The number of benzene rings is 3. The molecule has 6 nitrogen and oxygen atoms in total. The molecule has 0 bridgehead atoms. The third-order valence-corrected chi connectivity index (χ3v) is 6.81. The Bertz CT molecular complexity index is 1570. The van der Waals surface area contributed by atoms with E-state index < -0.39 is 24.5 Å². The molecule has 4 aromatic rings. The van der Waals surface area contributed by atoms with E-state index in [4.69, 9.17) is 21.3 Å². The standard InChI is InChI=1S/C29H19ClN2O4/c30-19-12-9-17(10-13-19)15-18-11-14-23-25(22-7-3-4-8-24(22)31-26(18)23)29(35)36-16-32-27(33)20-5-1-2-6-21(20)28(32)34/h1-10,12-13,15H,11,14,16H2. The Hall–Kier alpha value is -4.29. The molecule has 0 radical (unpaired) electrons. The molecule has 2 amide bonds. The zero-order valence-corrected chi connectivity index (χ0v) is 19.8. The number of allylic oxidation sites excluding steroid dienone is 1. The van der Waals surface area contributed by atoms with Gasteiger partial charge in [-0.1, -0.05) is 54.1 Å². The van der Waals surface area contributed by atoms with E-state index in [9.17, 15) is 14.4 Å². The lowest BCUT2D eigenvalue weighted by Crippen LogP contribution is -2.33. The molecule has 176 valence electrons. The highest BCUT2D eigenvalue weighted by Crippen LogP contribution is 2.38. The van der Waals surface area contributed by atoms with Gasteiger partial charge in [0.2, 0.25) is 0 Å². The Morgan fingerprint density at radius 2 is 1.58 bits per heavy atom. The SMILES string of the molecule is O=C(OCN1C(=O)c2ccccc2C1=O)c1c2c(nc3ccccc13)C(=Cc1ccc(Cl)cc1)CC2. The fourth-order valence-electron chi connectivity index (χ4n) is 4.82. The van der Waals surface area contributed by atoms with Crippen LogP contribution in [-0.4, -0.2) is 34.4 Å². The van der Waals surface area contributed by atoms with Gasteiger partial charge in [-0.25, -0.2) is 14.7 Å². The average molecular weight is 495 g/mol. The largest absolute Gasteiger partial charge is 0.440 e.